The third-order valence-electron chi connectivity index (χ3n) is 3.30. The van der Waals surface area contributed by atoms with Crippen LogP contribution in [0.4, 0.5) is 0 Å². The van der Waals surface area contributed by atoms with Gasteiger partial charge in [-0.05, 0) is 27.7 Å². The average Bonchev–Trinajstić information content (AvgIpc) is 2.66. The van der Waals surface area contributed by atoms with Gasteiger partial charge in [-0.15, -0.1) is 0 Å². The van der Waals surface area contributed by atoms with Gasteiger partial charge in [0.05, 0.1) is 23.5 Å². The van der Waals surface area contributed by atoms with Crippen LogP contribution in [0.15, 0.2) is 4.79 Å². The Balaban J connectivity index is 2.78. The molecule has 0 saturated carbocycles. The summed E-state index contributed by atoms with van der Waals surface area (Å²) in [4.78, 5) is 27.0. The second-order valence-electron chi connectivity index (χ2n) is 4.73. The van der Waals surface area contributed by atoms with Crippen molar-refractivity contribution >= 4 is 5.97 Å². The van der Waals surface area contributed by atoms with Gasteiger partial charge in [0, 0.05) is 17.0 Å². The summed E-state index contributed by atoms with van der Waals surface area (Å²) < 4.78 is 1.42. The van der Waals surface area contributed by atoms with Crippen LogP contribution in [0.5, 0.6) is 0 Å². The summed E-state index contributed by atoms with van der Waals surface area (Å²) in [6, 6.07) is 0. The second-order valence-corrected chi connectivity index (χ2v) is 4.73. The molecule has 0 aliphatic heterocycles. The van der Waals surface area contributed by atoms with Gasteiger partial charge in [-0.2, -0.15) is 10.1 Å². The Morgan fingerprint density at radius 2 is 1.90 bits per heavy atom. The first kappa shape index (κ1) is 14.0. The highest BCUT2D eigenvalue weighted by Crippen LogP contribution is 2.19. The zero-order valence-corrected chi connectivity index (χ0v) is 11.8. The van der Waals surface area contributed by atoms with Crippen molar-refractivity contribution in [3.05, 3.63) is 38.8 Å². The first-order valence-electron chi connectivity index (χ1n) is 6.15. The Morgan fingerprint density at radius 3 is 2.40 bits per heavy atom. The third kappa shape index (κ3) is 2.22. The number of carboxylic acids is 1. The van der Waals surface area contributed by atoms with Gasteiger partial charge >= 0.3 is 11.7 Å². The van der Waals surface area contributed by atoms with Crippen molar-refractivity contribution in [3.63, 3.8) is 0 Å². The van der Waals surface area contributed by atoms with E-state index in [4.69, 9.17) is 5.11 Å². The lowest BCUT2D eigenvalue weighted by Crippen LogP contribution is -2.28. The molecule has 0 radical (unpaired) electrons. The van der Waals surface area contributed by atoms with E-state index in [-0.39, 0.29) is 6.42 Å². The summed E-state index contributed by atoms with van der Waals surface area (Å²) in [7, 11) is 0. The first-order valence-corrected chi connectivity index (χ1v) is 6.15. The highest BCUT2D eigenvalue weighted by Gasteiger charge is 2.18. The van der Waals surface area contributed by atoms with Crippen molar-refractivity contribution < 1.29 is 9.90 Å². The summed E-state index contributed by atoms with van der Waals surface area (Å²) in [5.74, 6) is -0.955. The van der Waals surface area contributed by atoms with Crippen LogP contribution < -0.4 is 5.69 Å². The van der Waals surface area contributed by atoms with Crippen molar-refractivity contribution in [2.75, 3.05) is 0 Å². The minimum atomic E-state index is -0.955. The number of nitrogens with one attached hydrogen (secondary N) is 1. The van der Waals surface area contributed by atoms with Gasteiger partial charge < -0.3 is 5.11 Å². The SMILES string of the molecule is Cc1nc(=O)n(-c2c(C)n[nH]c2C)c(C)c1CC(=O)O. The van der Waals surface area contributed by atoms with Gasteiger partial charge in [-0.25, -0.2) is 4.79 Å². The molecule has 0 aliphatic carbocycles. The van der Waals surface area contributed by atoms with Gasteiger partial charge in [-0.3, -0.25) is 14.5 Å². The van der Waals surface area contributed by atoms with Crippen LogP contribution in [0, 0.1) is 27.7 Å². The molecule has 0 amide bonds. The summed E-state index contributed by atoms with van der Waals surface area (Å²) in [5, 5.41) is 15.9. The molecule has 2 rings (SSSR count). The molecule has 0 aliphatic rings. The number of aromatic amines is 1. The lowest BCUT2D eigenvalue weighted by Gasteiger charge is -2.14. The van der Waals surface area contributed by atoms with Crippen molar-refractivity contribution in [3.8, 4) is 5.69 Å². The standard InChI is InChI=1S/C13H16N4O3/c1-6-10(5-11(18)19)9(4)17(13(20)14-6)12-7(2)15-16-8(12)3/h5H2,1-4H3,(H,15,16)(H,18,19). The molecule has 20 heavy (non-hydrogen) atoms. The minimum absolute atomic E-state index is 0.166. The molecule has 0 unspecified atom stereocenters. The second kappa shape index (κ2) is 4.92. The number of aryl methyl sites for hydroxylation is 3. The monoisotopic (exact) mass is 276 g/mol. The molecular formula is C13H16N4O3. The van der Waals surface area contributed by atoms with Crippen molar-refractivity contribution in [2.24, 2.45) is 0 Å². The van der Waals surface area contributed by atoms with Gasteiger partial charge in [0.25, 0.3) is 0 Å². The quantitative estimate of drug-likeness (QED) is 0.864. The molecule has 0 bridgehead atoms. The van der Waals surface area contributed by atoms with E-state index in [0.717, 1.165) is 5.69 Å². The predicted molar refractivity (Wildman–Crippen MR) is 72.3 cm³/mol. The minimum Gasteiger partial charge on any atom is -0.481 e. The van der Waals surface area contributed by atoms with E-state index in [1.54, 1.807) is 27.7 Å². The molecule has 106 valence electrons. The number of carbonyl (C=O) groups is 1. The van der Waals surface area contributed by atoms with Crippen molar-refractivity contribution in [2.45, 2.75) is 34.1 Å². The van der Waals surface area contributed by atoms with E-state index >= 15 is 0 Å². The Labute approximate surface area is 115 Å². The Morgan fingerprint density at radius 1 is 1.25 bits per heavy atom. The fourth-order valence-electron chi connectivity index (χ4n) is 2.35. The first-order chi connectivity index (χ1) is 9.32. The number of H-pyrrole nitrogens is 1. The molecule has 0 aromatic carbocycles. The normalized spacial score (nSPS) is 10.8. The molecule has 2 aromatic heterocycles. The average molecular weight is 276 g/mol. The summed E-state index contributed by atoms with van der Waals surface area (Å²) >= 11 is 0. The molecular weight excluding hydrogens is 260 g/mol. The van der Waals surface area contributed by atoms with Crippen LogP contribution in [0.2, 0.25) is 0 Å². The van der Waals surface area contributed by atoms with E-state index in [0.29, 0.717) is 28.3 Å². The van der Waals surface area contributed by atoms with Crippen LogP contribution in [0.3, 0.4) is 0 Å². The molecule has 0 spiro atoms. The van der Waals surface area contributed by atoms with Gasteiger partial charge in [0.15, 0.2) is 0 Å². The smallest absolute Gasteiger partial charge is 0.352 e. The Kier molecular flexibility index (Phi) is 3.44. The Bertz CT molecular complexity index is 723. The highest BCUT2D eigenvalue weighted by molar-refractivity contribution is 5.71. The van der Waals surface area contributed by atoms with Gasteiger partial charge in [-0.1, -0.05) is 0 Å². The zero-order valence-electron chi connectivity index (χ0n) is 11.8. The molecule has 7 nitrogen and oxygen atoms in total. The van der Waals surface area contributed by atoms with E-state index in [9.17, 15) is 9.59 Å². The summed E-state index contributed by atoms with van der Waals surface area (Å²) in [6.45, 7) is 6.95. The van der Waals surface area contributed by atoms with E-state index in [2.05, 4.69) is 15.2 Å². The third-order valence-corrected chi connectivity index (χ3v) is 3.30. The van der Waals surface area contributed by atoms with Crippen LogP contribution in [-0.2, 0) is 11.2 Å². The van der Waals surface area contributed by atoms with Crippen LogP contribution in [0.1, 0.15) is 28.3 Å². The number of aromatic nitrogens is 4. The highest BCUT2D eigenvalue weighted by atomic mass is 16.4. The summed E-state index contributed by atoms with van der Waals surface area (Å²) in [5.41, 5.74) is 3.19. The fraction of sp³-hybridized carbons (Fsp3) is 0.385. The number of carboxylic acid groups (broad SMARTS) is 1. The summed E-state index contributed by atoms with van der Waals surface area (Å²) in [6.07, 6.45) is -0.166. The van der Waals surface area contributed by atoms with Crippen LogP contribution in [0.25, 0.3) is 5.69 Å². The molecule has 0 saturated heterocycles. The maximum Gasteiger partial charge on any atom is 0.352 e. The Hall–Kier alpha value is -2.44. The predicted octanol–water partition coefficient (Wildman–Crippen LogP) is 0.816. The molecule has 2 heterocycles. The van der Waals surface area contributed by atoms with E-state index < -0.39 is 11.7 Å². The number of hydrogen-bond donors (Lipinski definition) is 2. The van der Waals surface area contributed by atoms with Gasteiger partial charge in [0.2, 0.25) is 0 Å². The maximum atomic E-state index is 12.2. The largest absolute Gasteiger partial charge is 0.481 e. The van der Waals surface area contributed by atoms with Crippen LogP contribution >= 0.6 is 0 Å². The fourth-order valence-corrected chi connectivity index (χ4v) is 2.35. The molecule has 7 heteroatoms. The molecule has 0 atom stereocenters. The topological polar surface area (TPSA) is 101 Å². The number of nitrogens with zero attached hydrogens (tertiary/aromatic N) is 3. The maximum absolute atomic E-state index is 12.2. The number of aliphatic carboxylic acids is 1. The molecule has 2 aromatic rings. The van der Waals surface area contributed by atoms with Gasteiger partial charge in [0.1, 0.15) is 0 Å². The lowest BCUT2D eigenvalue weighted by molar-refractivity contribution is -0.136. The molecule has 0 fully saturated rings. The van der Waals surface area contributed by atoms with Crippen molar-refractivity contribution in [1.29, 1.82) is 0 Å². The van der Waals surface area contributed by atoms with E-state index in [1.165, 1.54) is 4.57 Å². The van der Waals surface area contributed by atoms with Crippen molar-refractivity contribution in [1.82, 2.24) is 19.7 Å². The van der Waals surface area contributed by atoms with Crippen LogP contribution in [-0.4, -0.2) is 30.8 Å². The zero-order chi connectivity index (χ0) is 15.0. The number of rotatable bonds is 3. The number of hydrogen-bond acceptors (Lipinski definition) is 4. The van der Waals surface area contributed by atoms with E-state index in [1.807, 2.05) is 0 Å². The molecule has 2 N–H and O–H groups in total. The lowest BCUT2D eigenvalue weighted by atomic mass is 10.1.